The van der Waals surface area contributed by atoms with Gasteiger partial charge in [-0.25, -0.2) is 0 Å². The maximum atomic E-state index is 12.0. The first kappa shape index (κ1) is 15.0. The SMILES string of the molecule is CCc1ccc(C(=O)/C=C/Nc2ccc(C)cc2C)cc1. The summed E-state index contributed by atoms with van der Waals surface area (Å²) in [5.41, 5.74) is 5.37. The average molecular weight is 279 g/mol. The van der Waals surface area contributed by atoms with E-state index in [2.05, 4.69) is 38.2 Å². The third-order valence-corrected chi connectivity index (χ3v) is 3.50. The number of carbonyl (C=O) groups is 1. The molecule has 0 aromatic heterocycles. The molecule has 0 heterocycles. The van der Waals surface area contributed by atoms with E-state index in [-0.39, 0.29) is 5.78 Å². The van der Waals surface area contributed by atoms with Crippen LogP contribution in [-0.2, 0) is 6.42 Å². The lowest BCUT2D eigenvalue weighted by atomic mass is 10.1. The van der Waals surface area contributed by atoms with Gasteiger partial charge in [-0.3, -0.25) is 4.79 Å². The number of anilines is 1. The zero-order chi connectivity index (χ0) is 15.2. The van der Waals surface area contributed by atoms with Crippen molar-refractivity contribution >= 4 is 11.5 Å². The highest BCUT2D eigenvalue weighted by molar-refractivity contribution is 6.04. The van der Waals surface area contributed by atoms with Crippen LogP contribution in [0.3, 0.4) is 0 Å². The molecular weight excluding hydrogens is 258 g/mol. The summed E-state index contributed by atoms with van der Waals surface area (Å²) in [5.74, 6) is 0.00918. The Bertz CT molecular complexity index is 654. The second-order valence-corrected chi connectivity index (χ2v) is 5.21. The van der Waals surface area contributed by atoms with E-state index in [9.17, 15) is 4.79 Å². The molecule has 2 aromatic rings. The van der Waals surface area contributed by atoms with Gasteiger partial charge in [0.25, 0.3) is 0 Å². The highest BCUT2D eigenvalue weighted by Crippen LogP contribution is 2.16. The van der Waals surface area contributed by atoms with Crippen molar-refractivity contribution in [3.05, 3.63) is 77.0 Å². The number of aryl methyl sites for hydroxylation is 3. The lowest BCUT2D eigenvalue weighted by Gasteiger charge is -2.06. The molecule has 0 saturated heterocycles. The fourth-order valence-corrected chi connectivity index (χ4v) is 2.18. The Morgan fingerprint density at radius 1 is 1.10 bits per heavy atom. The minimum absolute atomic E-state index is 0.00918. The molecule has 0 aliphatic heterocycles. The fourth-order valence-electron chi connectivity index (χ4n) is 2.18. The van der Waals surface area contributed by atoms with Crippen molar-refractivity contribution in [3.63, 3.8) is 0 Å². The van der Waals surface area contributed by atoms with Crippen molar-refractivity contribution in [2.45, 2.75) is 27.2 Å². The Kier molecular flexibility index (Phi) is 4.94. The number of ketones is 1. The maximum absolute atomic E-state index is 12.0. The third kappa shape index (κ3) is 4.06. The Labute approximate surface area is 126 Å². The topological polar surface area (TPSA) is 29.1 Å². The summed E-state index contributed by atoms with van der Waals surface area (Å²) in [4.78, 5) is 12.0. The van der Waals surface area contributed by atoms with E-state index in [0.29, 0.717) is 5.56 Å². The van der Waals surface area contributed by atoms with Gasteiger partial charge in [0.2, 0.25) is 0 Å². The molecule has 108 valence electrons. The standard InChI is InChI=1S/C19H21NO/c1-4-16-6-8-17(9-7-16)19(21)11-12-20-18-10-5-14(2)13-15(18)3/h5-13,20H,4H2,1-3H3/b12-11+. The summed E-state index contributed by atoms with van der Waals surface area (Å²) >= 11 is 0. The van der Waals surface area contributed by atoms with Gasteiger partial charge < -0.3 is 5.32 Å². The zero-order valence-corrected chi connectivity index (χ0v) is 12.8. The molecule has 0 aliphatic carbocycles. The molecule has 1 N–H and O–H groups in total. The molecule has 21 heavy (non-hydrogen) atoms. The van der Waals surface area contributed by atoms with Crippen molar-refractivity contribution in [2.24, 2.45) is 0 Å². The van der Waals surface area contributed by atoms with Crippen LogP contribution in [0.4, 0.5) is 5.69 Å². The molecule has 0 aliphatic rings. The Morgan fingerprint density at radius 2 is 1.81 bits per heavy atom. The molecule has 0 fully saturated rings. The van der Waals surface area contributed by atoms with Crippen LogP contribution in [0, 0.1) is 13.8 Å². The lowest BCUT2D eigenvalue weighted by Crippen LogP contribution is -1.97. The number of rotatable bonds is 5. The molecule has 0 amide bonds. The predicted molar refractivity (Wildman–Crippen MR) is 88.8 cm³/mol. The summed E-state index contributed by atoms with van der Waals surface area (Å²) < 4.78 is 0. The lowest BCUT2D eigenvalue weighted by molar-refractivity contribution is 0.104. The van der Waals surface area contributed by atoms with Gasteiger partial charge in [0.05, 0.1) is 0 Å². The number of carbonyl (C=O) groups excluding carboxylic acids is 1. The summed E-state index contributed by atoms with van der Waals surface area (Å²) in [6, 6.07) is 13.9. The molecule has 0 spiro atoms. The molecule has 2 aromatic carbocycles. The number of benzene rings is 2. The van der Waals surface area contributed by atoms with Gasteiger partial charge in [-0.15, -0.1) is 0 Å². The highest BCUT2D eigenvalue weighted by atomic mass is 16.1. The first-order valence-electron chi connectivity index (χ1n) is 7.23. The van der Waals surface area contributed by atoms with E-state index in [1.54, 1.807) is 12.3 Å². The van der Waals surface area contributed by atoms with Crippen molar-refractivity contribution < 1.29 is 4.79 Å². The van der Waals surface area contributed by atoms with E-state index in [4.69, 9.17) is 0 Å². The molecule has 2 heteroatoms. The van der Waals surface area contributed by atoms with Gasteiger partial charge >= 0.3 is 0 Å². The third-order valence-electron chi connectivity index (χ3n) is 3.50. The van der Waals surface area contributed by atoms with Crippen LogP contribution >= 0.6 is 0 Å². The van der Waals surface area contributed by atoms with Crippen molar-refractivity contribution in [1.29, 1.82) is 0 Å². The second kappa shape index (κ2) is 6.89. The first-order valence-corrected chi connectivity index (χ1v) is 7.23. The molecule has 0 atom stereocenters. The first-order chi connectivity index (χ1) is 10.1. The highest BCUT2D eigenvalue weighted by Gasteiger charge is 2.01. The number of hydrogen-bond donors (Lipinski definition) is 1. The summed E-state index contributed by atoms with van der Waals surface area (Å²) in [7, 11) is 0. The van der Waals surface area contributed by atoms with Crippen LogP contribution in [0.1, 0.15) is 34.0 Å². The van der Waals surface area contributed by atoms with Gasteiger partial charge in [-0.05, 0) is 37.5 Å². The van der Waals surface area contributed by atoms with Gasteiger partial charge in [-0.2, -0.15) is 0 Å². The Balaban J connectivity index is 2.01. The largest absolute Gasteiger partial charge is 0.361 e. The van der Waals surface area contributed by atoms with Crippen LogP contribution in [0.2, 0.25) is 0 Å². The van der Waals surface area contributed by atoms with Crippen LogP contribution in [0.5, 0.6) is 0 Å². The van der Waals surface area contributed by atoms with E-state index in [1.807, 2.05) is 30.3 Å². The van der Waals surface area contributed by atoms with Crippen LogP contribution in [0.25, 0.3) is 0 Å². The van der Waals surface area contributed by atoms with Crippen molar-refractivity contribution in [2.75, 3.05) is 5.32 Å². The molecule has 0 saturated carbocycles. The molecule has 0 bridgehead atoms. The normalized spacial score (nSPS) is 10.8. The molecule has 2 rings (SSSR count). The number of nitrogens with one attached hydrogen (secondary N) is 1. The van der Waals surface area contributed by atoms with Gasteiger partial charge in [0.1, 0.15) is 0 Å². The van der Waals surface area contributed by atoms with E-state index in [1.165, 1.54) is 16.7 Å². The summed E-state index contributed by atoms with van der Waals surface area (Å²) in [6.45, 7) is 6.22. The van der Waals surface area contributed by atoms with Gasteiger partial charge in [0.15, 0.2) is 5.78 Å². The van der Waals surface area contributed by atoms with Crippen molar-refractivity contribution in [1.82, 2.24) is 0 Å². The van der Waals surface area contributed by atoms with E-state index >= 15 is 0 Å². The van der Waals surface area contributed by atoms with E-state index in [0.717, 1.165) is 12.1 Å². The number of hydrogen-bond acceptors (Lipinski definition) is 2. The van der Waals surface area contributed by atoms with Crippen molar-refractivity contribution in [3.8, 4) is 0 Å². The van der Waals surface area contributed by atoms with Gasteiger partial charge in [0, 0.05) is 23.5 Å². The quantitative estimate of drug-likeness (QED) is 0.636. The van der Waals surface area contributed by atoms with Crippen LogP contribution in [-0.4, -0.2) is 5.78 Å². The molecular formula is C19H21NO. The summed E-state index contributed by atoms with van der Waals surface area (Å²) in [5, 5.41) is 3.16. The fraction of sp³-hybridized carbons (Fsp3) is 0.211. The van der Waals surface area contributed by atoms with Crippen LogP contribution in [0.15, 0.2) is 54.7 Å². The van der Waals surface area contributed by atoms with Crippen LogP contribution < -0.4 is 5.32 Å². The zero-order valence-electron chi connectivity index (χ0n) is 12.8. The average Bonchev–Trinajstić information content (AvgIpc) is 2.49. The monoisotopic (exact) mass is 279 g/mol. The Hall–Kier alpha value is -2.35. The molecule has 0 unspecified atom stereocenters. The van der Waals surface area contributed by atoms with E-state index < -0.39 is 0 Å². The molecule has 2 nitrogen and oxygen atoms in total. The number of allylic oxidation sites excluding steroid dienone is 1. The second-order valence-electron chi connectivity index (χ2n) is 5.21. The Morgan fingerprint density at radius 3 is 2.43 bits per heavy atom. The molecule has 0 radical (unpaired) electrons. The minimum Gasteiger partial charge on any atom is -0.361 e. The minimum atomic E-state index is 0.00918. The smallest absolute Gasteiger partial charge is 0.187 e. The maximum Gasteiger partial charge on any atom is 0.187 e. The summed E-state index contributed by atoms with van der Waals surface area (Å²) in [6.07, 6.45) is 4.26. The van der Waals surface area contributed by atoms with Gasteiger partial charge in [-0.1, -0.05) is 48.9 Å². The predicted octanol–water partition coefficient (Wildman–Crippen LogP) is 4.67.